The van der Waals surface area contributed by atoms with Gasteiger partial charge in [0, 0.05) is 25.5 Å². The van der Waals surface area contributed by atoms with Crippen molar-refractivity contribution in [3.8, 4) is 0 Å². The minimum atomic E-state index is 0.685. The van der Waals surface area contributed by atoms with Crippen molar-refractivity contribution in [2.24, 2.45) is 0 Å². The van der Waals surface area contributed by atoms with E-state index in [2.05, 4.69) is 60.4 Å². The number of methoxy groups -OCH3 is 1. The van der Waals surface area contributed by atoms with Gasteiger partial charge in [-0.25, -0.2) is 0 Å². The van der Waals surface area contributed by atoms with Crippen LogP contribution in [0.4, 0.5) is 11.4 Å². The number of hydrogen-bond acceptors (Lipinski definition) is 3. The van der Waals surface area contributed by atoms with Crippen LogP contribution in [-0.2, 0) is 17.8 Å². The maximum absolute atomic E-state index is 4.98. The normalized spacial score (nSPS) is 8.27. The van der Waals surface area contributed by atoms with Crippen LogP contribution in [0.5, 0.6) is 0 Å². The molecule has 0 aromatic heterocycles. The van der Waals surface area contributed by atoms with Gasteiger partial charge in [0.15, 0.2) is 0 Å². The number of ether oxygens (including phenoxy) is 1. The summed E-state index contributed by atoms with van der Waals surface area (Å²) in [6.45, 7) is 21.0. The second kappa shape index (κ2) is 32.1. The molecule has 0 aliphatic heterocycles. The van der Waals surface area contributed by atoms with Gasteiger partial charge >= 0.3 is 0 Å². The summed E-state index contributed by atoms with van der Waals surface area (Å²) >= 11 is 0. The second-order valence-electron chi connectivity index (χ2n) is 4.81. The van der Waals surface area contributed by atoms with Crippen molar-refractivity contribution in [2.75, 3.05) is 31.2 Å². The monoisotopic (exact) mass is 438 g/mol. The van der Waals surface area contributed by atoms with E-state index in [1.165, 1.54) is 16.8 Å². The summed E-state index contributed by atoms with van der Waals surface area (Å²) in [5.41, 5.74) is 4.95. The van der Waals surface area contributed by atoms with Gasteiger partial charge < -0.3 is 15.1 Å². The molecule has 0 radical (unpaired) electrons. The van der Waals surface area contributed by atoms with Crippen LogP contribution in [0.3, 0.4) is 0 Å². The van der Waals surface area contributed by atoms with Gasteiger partial charge in [0.1, 0.15) is 0 Å². The summed E-state index contributed by atoms with van der Waals surface area (Å²) in [5.74, 6) is 0. The lowest BCUT2D eigenvalue weighted by atomic mass is 10.2. The van der Waals surface area contributed by atoms with Crippen molar-refractivity contribution in [3.63, 3.8) is 0 Å². The van der Waals surface area contributed by atoms with Crippen molar-refractivity contribution < 1.29 is 4.74 Å². The Balaban J connectivity index is -0.000000169. The van der Waals surface area contributed by atoms with Crippen molar-refractivity contribution in [1.82, 2.24) is 0 Å². The van der Waals surface area contributed by atoms with E-state index in [9.17, 15) is 0 Å². The Hall–Kier alpha value is -1.57. The third-order valence-corrected chi connectivity index (χ3v) is 3.72. The van der Waals surface area contributed by atoms with E-state index in [1.807, 2.05) is 74.6 Å². The minimum Gasteiger partial charge on any atom is -0.388 e. The van der Waals surface area contributed by atoms with Crippen LogP contribution in [-0.4, -0.2) is 20.8 Å². The molecule has 2 aromatic rings. The first-order valence-corrected chi connectivity index (χ1v) is 13.0. The molecule has 2 N–H and O–H groups in total. The fourth-order valence-corrected chi connectivity index (χ4v) is 2.36. The van der Waals surface area contributed by atoms with Gasteiger partial charge in [-0.1, -0.05) is 86.6 Å². The van der Waals surface area contributed by atoms with Crippen LogP contribution in [0.1, 0.15) is 73.4 Å². The zero-order chi connectivity index (χ0) is 24.2. The van der Waals surface area contributed by atoms with Crippen molar-refractivity contribution in [2.45, 2.75) is 75.3 Å². The van der Waals surface area contributed by atoms with Crippen molar-refractivity contribution in [1.29, 1.82) is 0 Å². The van der Waals surface area contributed by atoms with Crippen LogP contribution >= 0.6 is 8.73 Å². The third kappa shape index (κ3) is 21.1. The molecule has 4 heteroatoms. The lowest BCUT2D eigenvalue weighted by Gasteiger charge is -2.02. The Kier molecular flexibility index (Phi) is 38.4. The van der Waals surface area contributed by atoms with E-state index >= 15 is 0 Å². The Morgan fingerprint density at radius 2 is 1.10 bits per heavy atom. The number of rotatable bonds is 6. The van der Waals surface area contributed by atoms with E-state index in [1.54, 1.807) is 7.11 Å². The predicted octanol–water partition coefficient (Wildman–Crippen LogP) is 8.86. The SMILES string of the molecule is CC.CC.CC.CC.CCc1ccc(NPC)cc1.CNc1ccc(COC)cc1. The second-order valence-corrected chi connectivity index (χ2v) is 5.56. The summed E-state index contributed by atoms with van der Waals surface area (Å²) in [5, 5.41) is 6.34. The Morgan fingerprint density at radius 1 is 0.700 bits per heavy atom. The zero-order valence-electron chi connectivity index (χ0n) is 21.9. The van der Waals surface area contributed by atoms with E-state index < -0.39 is 0 Å². The minimum absolute atomic E-state index is 0.685. The highest BCUT2D eigenvalue weighted by Gasteiger charge is 1.90. The lowest BCUT2D eigenvalue weighted by Crippen LogP contribution is -1.90. The van der Waals surface area contributed by atoms with E-state index in [0.717, 1.165) is 20.8 Å². The highest BCUT2D eigenvalue weighted by Crippen LogP contribution is 2.15. The quantitative estimate of drug-likeness (QED) is 0.442. The molecule has 2 rings (SSSR count). The van der Waals surface area contributed by atoms with E-state index in [0.29, 0.717) is 6.61 Å². The Bertz CT molecular complexity index is 464. The topological polar surface area (TPSA) is 33.3 Å². The molecule has 1 unspecified atom stereocenters. The molecule has 0 bridgehead atoms. The highest BCUT2D eigenvalue weighted by molar-refractivity contribution is 7.38. The molecule has 0 saturated heterocycles. The van der Waals surface area contributed by atoms with Gasteiger partial charge in [0.25, 0.3) is 0 Å². The Labute approximate surface area is 191 Å². The summed E-state index contributed by atoms with van der Waals surface area (Å²) < 4.78 is 4.98. The first-order valence-electron chi connectivity index (χ1n) is 11.5. The molecule has 0 spiro atoms. The van der Waals surface area contributed by atoms with E-state index in [4.69, 9.17) is 4.74 Å². The molecule has 0 aliphatic carbocycles. The fraction of sp³-hybridized carbons (Fsp3) is 0.538. The van der Waals surface area contributed by atoms with Gasteiger partial charge in [0.05, 0.1) is 6.61 Å². The van der Waals surface area contributed by atoms with Gasteiger partial charge in [0.2, 0.25) is 0 Å². The smallest absolute Gasteiger partial charge is 0.0713 e. The van der Waals surface area contributed by atoms with Crippen molar-refractivity contribution >= 4 is 20.1 Å². The summed E-state index contributed by atoms with van der Waals surface area (Å²) in [4.78, 5) is 0. The molecule has 30 heavy (non-hydrogen) atoms. The third-order valence-electron chi connectivity index (χ3n) is 3.19. The molecule has 0 amide bonds. The van der Waals surface area contributed by atoms with Crippen LogP contribution in [0, 0.1) is 0 Å². The molecule has 176 valence electrons. The van der Waals surface area contributed by atoms with Crippen LogP contribution in [0.2, 0.25) is 0 Å². The fourth-order valence-electron chi connectivity index (χ4n) is 1.90. The number of hydrogen-bond donors (Lipinski definition) is 2. The Morgan fingerprint density at radius 3 is 1.43 bits per heavy atom. The van der Waals surface area contributed by atoms with E-state index in [-0.39, 0.29) is 0 Å². The molecule has 0 fully saturated rings. The number of anilines is 2. The molecule has 2 aromatic carbocycles. The van der Waals surface area contributed by atoms with Crippen LogP contribution in [0.25, 0.3) is 0 Å². The summed E-state index contributed by atoms with van der Waals surface area (Å²) in [7, 11) is 4.39. The number of benzene rings is 2. The molecule has 0 saturated carbocycles. The largest absolute Gasteiger partial charge is 0.388 e. The molecule has 1 atom stereocenters. The van der Waals surface area contributed by atoms with Gasteiger partial charge in [-0.15, -0.1) is 0 Å². The van der Waals surface area contributed by atoms with Gasteiger partial charge in [-0.3, -0.25) is 0 Å². The average Bonchev–Trinajstić information content (AvgIpc) is 2.86. The molecule has 0 aliphatic rings. The molecular weight excluding hydrogens is 387 g/mol. The average molecular weight is 439 g/mol. The lowest BCUT2D eigenvalue weighted by molar-refractivity contribution is 0.185. The first kappa shape index (κ1) is 35.8. The summed E-state index contributed by atoms with van der Waals surface area (Å²) in [6, 6.07) is 16.8. The number of aryl methyl sites for hydroxylation is 1. The first-order chi connectivity index (χ1) is 14.7. The zero-order valence-corrected chi connectivity index (χ0v) is 22.9. The van der Waals surface area contributed by atoms with Crippen LogP contribution in [0.15, 0.2) is 48.5 Å². The summed E-state index contributed by atoms with van der Waals surface area (Å²) in [6.07, 6.45) is 1.12. The van der Waals surface area contributed by atoms with Crippen molar-refractivity contribution in [3.05, 3.63) is 59.7 Å². The maximum Gasteiger partial charge on any atom is 0.0713 e. The maximum atomic E-state index is 4.98. The molecule has 0 heterocycles. The van der Waals surface area contributed by atoms with Gasteiger partial charge in [-0.2, -0.15) is 0 Å². The van der Waals surface area contributed by atoms with Crippen LogP contribution < -0.4 is 10.4 Å². The van der Waals surface area contributed by atoms with Gasteiger partial charge in [-0.05, 0) is 57.2 Å². The predicted molar refractivity (Wildman–Crippen MR) is 146 cm³/mol. The highest BCUT2D eigenvalue weighted by atomic mass is 31.1. The number of nitrogens with one attached hydrogen (secondary N) is 2. The molecular formula is C26H51N2OP. The molecule has 3 nitrogen and oxygen atoms in total. The standard InChI is InChI=1S/C9H13NO.C9H14NP.4C2H6/c1-10-9-5-3-8(4-6-9)7-11-2;1-3-8-4-6-9(7-5-8)10-11-2;4*1-2/h3-6,10H,7H2,1-2H3;4-7,10-11H,3H2,1-2H3;4*1-2H3.